The molecule has 0 N–H and O–H groups in total. The molecule has 1 atom stereocenters. The van der Waals surface area contributed by atoms with Gasteiger partial charge in [0.1, 0.15) is 5.75 Å². The Balaban J connectivity index is 2.13. The fraction of sp³-hybridized carbons (Fsp3) is 0.385. The van der Waals surface area contributed by atoms with Gasteiger partial charge in [-0.2, -0.15) is 5.26 Å². The largest absolute Gasteiger partial charge is 0.495 e. The maximum Gasteiger partial charge on any atom is 0.137 e. The molecule has 16 heavy (non-hydrogen) atoms. The van der Waals surface area contributed by atoms with E-state index in [0.717, 1.165) is 30.7 Å². The molecule has 1 aliphatic carbocycles. The lowest BCUT2D eigenvalue weighted by Gasteiger charge is -2.16. The molecule has 1 unspecified atom stereocenters. The van der Waals surface area contributed by atoms with Gasteiger partial charge in [-0.1, -0.05) is 6.08 Å². The molecule has 0 spiro atoms. The Kier molecular flexibility index (Phi) is 3.21. The second-order valence-electron chi connectivity index (χ2n) is 3.91. The Hall–Kier alpha value is -1.82. The van der Waals surface area contributed by atoms with Crippen molar-refractivity contribution in [2.24, 2.45) is 5.92 Å². The zero-order valence-corrected chi connectivity index (χ0v) is 9.31. The highest BCUT2D eigenvalue weighted by Gasteiger charge is 2.15. The minimum Gasteiger partial charge on any atom is -0.495 e. The molecule has 0 saturated carbocycles. The Labute approximate surface area is 95.4 Å². The molecular weight excluding hydrogens is 200 g/mol. The van der Waals surface area contributed by atoms with Crippen LogP contribution in [0.4, 0.5) is 0 Å². The SMILES string of the molecule is COc1ccc(C2=CCC(C#N)CC2)nc1. The number of aromatic nitrogens is 1. The van der Waals surface area contributed by atoms with Crippen LogP contribution in [0, 0.1) is 17.2 Å². The summed E-state index contributed by atoms with van der Waals surface area (Å²) in [5.74, 6) is 0.956. The van der Waals surface area contributed by atoms with Crippen molar-refractivity contribution < 1.29 is 4.74 Å². The number of rotatable bonds is 2. The van der Waals surface area contributed by atoms with E-state index in [1.807, 2.05) is 12.1 Å². The van der Waals surface area contributed by atoms with E-state index in [1.54, 1.807) is 13.3 Å². The zero-order valence-electron chi connectivity index (χ0n) is 9.31. The van der Waals surface area contributed by atoms with Crippen molar-refractivity contribution in [3.63, 3.8) is 0 Å². The van der Waals surface area contributed by atoms with Gasteiger partial charge in [-0.05, 0) is 37.0 Å². The van der Waals surface area contributed by atoms with E-state index in [1.165, 1.54) is 5.57 Å². The highest BCUT2D eigenvalue weighted by atomic mass is 16.5. The third kappa shape index (κ3) is 2.22. The third-order valence-electron chi connectivity index (χ3n) is 2.89. The molecule has 2 rings (SSSR count). The number of pyridine rings is 1. The number of hydrogen-bond donors (Lipinski definition) is 0. The maximum atomic E-state index is 8.80. The summed E-state index contributed by atoms with van der Waals surface area (Å²) in [4.78, 5) is 4.35. The quantitative estimate of drug-likeness (QED) is 0.760. The average molecular weight is 214 g/mol. The number of ether oxygens (including phenoxy) is 1. The molecule has 1 aromatic rings. The molecule has 82 valence electrons. The number of allylic oxidation sites excluding steroid dienone is 2. The van der Waals surface area contributed by atoms with Gasteiger partial charge in [0.2, 0.25) is 0 Å². The van der Waals surface area contributed by atoms with Gasteiger partial charge >= 0.3 is 0 Å². The second-order valence-corrected chi connectivity index (χ2v) is 3.91. The molecule has 3 heteroatoms. The van der Waals surface area contributed by atoms with Crippen LogP contribution in [0.2, 0.25) is 0 Å². The predicted molar refractivity (Wildman–Crippen MR) is 61.7 cm³/mol. The van der Waals surface area contributed by atoms with Crippen molar-refractivity contribution >= 4 is 5.57 Å². The Morgan fingerprint density at radius 1 is 1.50 bits per heavy atom. The lowest BCUT2D eigenvalue weighted by molar-refractivity contribution is 0.413. The summed E-state index contributed by atoms with van der Waals surface area (Å²) in [7, 11) is 1.63. The van der Waals surface area contributed by atoms with Crippen molar-refractivity contribution in [2.45, 2.75) is 19.3 Å². The normalized spacial score (nSPS) is 19.8. The molecule has 1 aromatic heterocycles. The number of nitriles is 1. The van der Waals surface area contributed by atoms with Crippen LogP contribution in [-0.4, -0.2) is 12.1 Å². The molecule has 0 aliphatic heterocycles. The highest BCUT2D eigenvalue weighted by Crippen LogP contribution is 2.29. The lowest BCUT2D eigenvalue weighted by Crippen LogP contribution is -2.03. The van der Waals surface area contributed by atoms with Gasteiger partial charge in [-0.15, -0.1) is 0 Å². The van der Waals surface area contributed by atoms with E-state index in [2.05, 4.69) is 17.1 Å². The average Bonchev–Trinajstić information content (AvgIpc) is 2.39. The van der Waals surface area contributed by atoms with Crippen LogP contribution in [0.25, 0.3) is 5.57 Å². The van der Waals surface area contributed by atoms with E-state index in [4.69, 9.17) is 10.00 Å². The summed E-state index contributed by atoms with van der Waals surface area (Å²) in [6, 6.07) is 6.20. The van der Waals surface area contributed by atoms with Crippen LogP contribution < -0.4 is 4.74 Å². The monoisotopic (exact) mass is 214 g/mol. The summed E-state index contributed by atoms with van der Waals surface area (Å²) >= 11 is 0. The molecule has 0 aromatic carbocycles. The van der Waals surface area contributed by atoms with E-state index < -0.39 is 0 Å². The Morgan fingerprint density at radius 3 is 2.88 bits per heavy atom. The van der Waals surface area contributed by atoms with Crippen LogP contribution in [0.1, 0.15) is 25.0 Å². The highest BCUT2D eigenvalue weighted by molar-refractivity contribution is 5.63. The molecule has 0 bridgehead atoms. The minimum atomic E-state index is 0.182. The molecular formula is C13H14N2O. The fourth-order valence-electron chi connectivity index (χ4n) is 1.88. The smallest absolute Gasteiger partial charge is 0.137 e. The second kappa shape index (κ2) is 4.80. The van der Waals surface area contributed by atoms with Crippen LogP contribution in [0.5, 0.6) is 5.75 Å². The van der Waals surface area contributed by atoms with E-state index >= 15 is 0 Å². The first-order valence-electron chi connectivity index (χ1n) is 5.42. The number of methoxy groups -OCH3 is 1. The molecule has 0 amide bonds. The van der Waals surface area contributed by atoms with Gasteiger partial charge < -0.3 is 4.74 Å². The summed E-state index contributed by atoms with van der Waals surface area (Å²) in [5, 5.41) is 8.80. The minimum absolute atomic E-state index is 0.182. The Morgan fingerprint density at radius 2 is 2.38 bits per heavy atom. The van der Waals surface area contributed by atoms with Crippen molar-refractivity contribution in [1.29, 1.82) is 5.26 Å². The summed E-state index contributed by atoms with van der Waals surface area (Å²) in [6.07, 6.45) is 6.59. The van der Waals surface area contributed by atoms with Gasteiger partial charge in [-0.3, -0.25) is 4.98 Å². The number of nitrogens with zero attached hydrogens (tertiary/aromatic N) is 2. The van der Waals surface area contributed by atoms with Crippen LogP contribution in [0.3, 0.4) is 0 Å². The van der Waals surface area contributed by atoms with Gasteiger partial charge in [-0.25, -0.2) is 0 Å². The summed E-state index contributed by atoms with van der Waals surface area (Å²) in [6.45, 7) is 0. The molecule has 1 heterocycles. The van der Waals surface area contributed by atoms with Gasteiger partial charge in [0, 0.05) is 0 Å². The maximum absolute atomic E-state index is 8.80. The van der Waals surface area contributed by atoms with Crippen molar-refractivity contribution in [2.75, 3.05) is 7.11 Å². The topological polar surface area (TPSA) is 45.9 Å². The third-order valence-corrected chi connectivity index (χ3v) is 2.89. The summed E-state index contributed by atoms with van der Waals surface area (Å²) < 4.78 is 5.07. The van der Waals surface area contributed by atoms with Crippen molar-refractivity contribution in [3.05, 3.63) is 30.1 Å². The first kappa shape index (κ1) is 10.7. The van der Waals surface area contributed by atoms with Gasteiger partial charge in [0.25, 0.3) is 0 Å². The zero-order chi connectivity index (χ0) is 11.4. The molecule has 3 nitrogen and oxygen atoms in total. The van der Waals surface area contributed by atoms with E-state index in [0.29, 0.717) is 0 Å². The van der Waals surface area contributed by atoms with Gasteiger partial charge in [0.05, 0.1) is 31.0 Å². The molecule has 0 fully saturated rings. The predicted octanol–water partition coefficient (Wildman–Crippen LogP) is 2.80. The van der Waals surface area contributed by atoms with Crippen LogP contribution in [-0.2, 0) is 0 Å². The Bertz CT molecular complexity index is 428. The molecule has 0 saturated heterocycles. The summed E-state index contributed by atoms with van der Waals surface area (Å²) in [5.41, 5.74) is 2.24. The van der Waals surface area contributed by atoms with Crippen LogP contribution >= 0.6 is 0 Å². The van der Waals surface area contributed by atoms with Crippen molar-refractivity contribution in [1.82, 2.24) is 4.98 Å². The molecule has 0 radical (unpaired) electrons. The number of hydrogen-bond acceptors (Lipinski definition) is 3. The first-order chi connectivity index (χ1) is 7.83. The van der Waals surface area contributed by atoms with Gasteiger partial charge in [0.15, 0.2) is 0 Å². The lowest BCUT2D eigenvalue weighted by atomic mass is 9.89. The van der Waals surface area contributed by atoms with E-state index in [9.17, 15) is 0 Å². The van der Waals surface area contributed by atoms with Crippen LogP contribution in [0.15, 0.2) is 24.4 Å². The first-order valence-corrected chi connectivity index (χ1v) is 5.42. The fourth-order valence-corrected chi connectivity index (χ4v) is 1.88. The van der Waals surface area contributed by atoms with E-state index in [-0.39, 0.29) is 5.92 Å². The molecule has 1 aliphatic rings. The standard InChI is InChI=1S/C13H14N2O/c1-16-12-6-7-13(15-9-12)11-4-2-10(8-14)3-5-11/h4,6-7,9-10H,2-3,5H2,1H3. The van der Waals surface area contributed by atoms with Crippen molar-refractivity contribution in [3.8, 4) is 11.8 Å².